The van der Waals surface area contributed by atoms with Crippen LogP contribution >= 0.6 is 0 Å². The molecule has 0 saturated carbocycles. The van der Waals surface area contributed by atoms with Crippen LogP contribution in [0.5, 0.6) is 0 Å². The molecule has 0 aliphatic carbocycles. The molecule has 3 heteroatoms. The summed E-state index contributed by atoms with van der Waals surface area (Å²) in [6.45, 7) is 4.53. The standard InChI is InChI=1S/C17H29N3/c1-3-4-5-6-7-8-9-11-17(2,12-10-13-18)20-15-14-19-16-20/h14-16H,3-12H2,1-2H3/p+1. The van der Waals surface area contributed by atoms with Gasteiger partial charge in [0.25, 0.3) is 0 Å². The smallest absolute Gasteiger partial charge is 0.241 e. The van der Waals surface area contributed by atoms with E-state index in [2.05, 4.69) is 35.7 Å². The number of unbranched alkanes of at least 4 members (excludes halogenated alkanes) is 6. The van der Waals surface area contributed by atoms with Gasteiger partial charge in [-0.1, -0.05) is 45.4 Å². The van der Waals surface area contributed by atoms with Gasteiger partial charge in [0.05, 0.1) is 6.07 Å². The summed E-state index contributed by atoms with van der Waals surface area (Å²) in [5.41, 5.74) is 0.0825. The Hall–Kier alpha value is -1.30. The lowest BCUT2D eigenvalue weighted by Crippen LogP contribution is -2.52. The third kappa shape index (κ3) is 5.77. The van der Waals surface area contributed by atoms with Crippen LogP contribution in [0.25, 0.3) is 0 Å². The predicted octanol–water partition coefficient (Wildman–Crippen LogP) is 4.46. The van der Waals surface area contributed by atoms with E-state index in [0.717, 1.165) is 12.8 Å². The number of nitrogens with one attached hydrogen (secondary N) is 1. The maximum absolute atomic E-state index is 8.85. The lowest BCUT2D eigenvalue weighted by molar-refractivity contribution is -0.762. The van der Waals surface area contributed by atoms with E-state index in [9.17, 15) is 0 Å². The monoisotopic (exact) mass is 276 g/mol. The highest BCUT2D eigenvalue weighted by molar-refractivity contribution is 4.77. The van der Waals surface area contributed by atoms with Gasteiger partial charge in [0.15, 0.2) is 0 Å². The molecule has 1 N–H and O–H groups in total. The second kappa shape index (κ2) is 9.58. The van der Waals surface area contributed by atoms with Crippen molar-refractivity contribution in [2.75, 3.05) is 0 Å². The van der Waals surface area contributed by atoms with Gasteiger partial charge in [0.2, 0.25) is 6.33 Å². The van der Waals surface area contributed by atoms with Gasteiger partial charge in [0, 0.05) is 12.8 Å². The van der Waals surface area contributed by atoms with Crippen molar-refractivity contribution < 1.29 is 4.57 Å². The van der Waals surface area contributed by atoms with Crippen LogP contribution in [-0.2, 0) is 5.54 Å². The molecule has 1 unspecified atom stereocenters. The van der Waals surface area contributed by atoms with Crippen molar-refractivity contribution in [3.05, 3.63) is 18.7 Å². The summed E-state index contributed by atoms with van der Waals surface area (Å²) in [6, 6.07) is 2.29. The van der Waals surface area contributed by atoms with Crippen molar-refractivity contribution in [1.29, 1.82) is 5.26 Å². The highest BCUT2D eigenvalue weighted by Gasteiger charge is 2.29. The van der Waals surface area contributed by atoms with Crippen LogP contribution in [0.15, 0.2) is 18.7 Å². The Balaban J connectivity index is 2.33. The van der Waals surface area contributed by atoms with E-state index in [0.29, 0.717) is 6.42 Å². The Labute approximate surface area is 124 Å². The van der Waals surface area contributed by atoms with Gasteiger partial charge in [-0.2, -0.15) is 5.26 Å². The van der Waals surface area contributed by atoms with Crippen LogP contribution in [0.3, 0.4) is 0 Å². The predicted molar refractivity (Wildman–Crippen MR) is 82.1 cm³/mol. The zero-order valence-electron chi connectivity index (χ0n) is 13.2. The molecule has 1 atom stereocenters. The quantitative estimate of drug-likeness (QED) is 0.470. The number of hydrogen-bond donors (Lipinski definition) is 1. The molecule has 1 aromatic rings. The Morgan fingerprint density at radius 2 is 1.80 bits per heavy atom. The van der Waals surface area contributed by atoms with Crippen molar-refractivity contribution in [1.82, 2.24) is 4.98 Å². The number of nitrogens with zero attached hydrogens (tertiary/aromatic N) is 2. The van der Waals surface area contributed by atoms with E-state index in [1.165, 1.54) is 44.9 Å². The number of imidazole rings is 1. The summed E-state index contributed by atoms with van der Waals surface area (Å²) in [5, 5.41) is 8.85. The first-order chi connectivity index (χ1) is 9.73. The van der Waals surface area contributed by atoms with Crippen molar-refractivity contribution >= 4 is 0 Å². The molecule has 0 aliphatic rings. The molecule has 0 amide bonds. The van der Waals surface area contributed by atoms with Crippen molar-refractivity contribution in [2.24, 2.45) is 0 Å². The molecule has 1 heterocycles. The summed E-state index contributed by atoms with van der Waals surface area (Å²) < 4.78 is 2.24. The summed E-state index contributed by atoms with van der Waals surface area (Å²) in [6.07, 6.45) is 18.1. The average Bonchev–Trinajstić information content (AvgIpc) is 2.99. The van der Waals surface area contributed by atoms with Crippen LogP contribution in [0.2, 0.25) is 0 Å². The average molecular weight is 276 g/mol. The van der Waals surface area contributed by atoms with E-state index in [-0.39, 0.29) is 5.54 Å². The molecule has 1 aromatic heterocycles. The zero-order chi connectivity index (χ0) is 14.7. The van der Waals surface area contributed by atoms with Gasteiger partial charge in [-0.15, -0.1) is 0 Å². The molecule has 0 spiro atoms. The fraction of sp³-hybridized carbons (Fsp3) is 0.765. The minimum absolute atomic E-state index is 0.0825. The van der Waals surface area contributed by atoms with Gasteiger partial charge in [0.1, 0.15) is 17.9 Å². The largest absolute Gasteiger partial charge is 0.250 e. The van der Waals surface area contributed by atoms with Crippen LogP contribution in [-0.4, -0.2) is 4.98 Å². The molecule has 0 aliphatic heterocycles. The number of aromatic nitrogens is 2. The number of aromatic amines is 1. The topological polar surface area (TPSA) is 43.5 Å². The number of H-pyrrole nitrogens is 1. The first-order valence-electron chi connectivity index (χ1n) is 8.14. The lowest BCUT2D eigenvalue weighted by Gasteiger charge is -2.25. The molecule has 1 rings (SSSR count). The lowest BCUT2D eigenvalue weighted by atomic mass is 9.89. The summed E-state index contributed by atoms with van der Waals surface area (Å²) >= 11 is 0. The minimum Gasteiger partial charge on any atom is -0.250 e. The van der Waals surface area contributed by atoms with Crippen molar-refractivity contribution in [3.63, 3.8) is 0 Å². The molecule has 0 bridgehead atoms. The van der Waals surface area contributed by atoms with Gasteiger partial charge in [-0.25, -0.2) is 4.57 Å². The zero-order valence-corrected chi connectivity index (χ0v) is 13.2. The SMILES string of the molecule is CCCCCCCCCC(C)(CCC#N)[n+]1cc[nH]c1. The minimum atomic E-state index is 0.0825. The fourth-order valence-electron chi connectivity index (χ4n) is 2.80. The second-order valence-corrected chi connectivity index (χ2v) is 6.05. The highest BCUT2D eigenvalue weighted by atomic mass is 15.1. The van der Waals surface area contributed by atoms with Crippen LogP contribution < -0.4 is 4.57 Å². The van der Waals surface area contributed by atoms with Crippen LogP contribution in [0, 0.1) is 11.3 Å². The van der Waals surface area contributed by atoms with E-state index in [4.69, 9.17) is 5.26 Å². The van der Waals surface area contributed by atoms with Gasteiger partial charge in [-0.3, -0.25) is 4.98 Å². The third-order valence-electron chi connectivity index (χ3n) is 4.26. The van der Waals surface area contributed by atoms with Gasteiger partial charge < -0.3 is 0 Å². The second-order valence-electron chi connectivity index (χ2n) is 6.05. The maximum Gasteiger partial charge on any atom is 0.241 e. The molecule has 112 valence electrons. The molecule has 0 fully saturated rings. The fourth-order valence-corrected chi connectivity index (χ4v) is 2.80. The maximum atomic E-state index is 8.85. The molecule has 0 saturated heterocycles. The van der Waals surface area contributed by atoms with Crippen LogP contribution in [0.1, 0.15) is 78.1 Å². The highest BCUT2D eigenvalue weighted by Crippen LogP contribution is 2.23. The van der Waals surface area contributed by atoms with E-state index in [1.54, 1.807) is 0 Å². The first kappa shape index (κ1) is 16.8. The number of rotatable bonds is 11. The summed E-state index contributed by atoms with van der Waals surface area (Å²) in [4.78, 5) is 3.12. The molecule has 3 nitrogen and oxygen atoms in total. The van der Waals surface area contributed by atoms with E-state index < -0.39 is 0 Å². The first-order valence-corrected chi connectivity index (χ1v) is 8.14. The van der Waals surface area contributed by atoms with E-state index in [1.807, 2.05) is 12.5 Å². The molecular weight excluding hydrogens is 246 g/mol. The number of nitriles is 1. The van der Waals surface area contributed by atoms with Gasteiger partial charge in [-0.05, 0) is 19.8 Å². The summed E-state index contributed by atoms with van der Waals surface area (Å²) in [5.74, 6) is 0. The summed E-state index contributed by atoms with van der Waals surface area (Å²) in [7, 11) is 0. The molecule has 0 radical (unpaired) electrons. The molecule has 0 aromatic carbocycles. The van der Waals surface area contributed by atoms with Crippen molar-refractivity contribution in [2.45, 2.75) is 83.6 Å². The van der Waals surface area contributed by atoms with E-state index >= 15 is 0 Å². The normalized spacial score (nSPS) is 13.8. The molecule has 20 heavy (non-hydrogen) atoms. The van der Waals surface area contributed by atoms with Crippen LogP contribution in [0.4, 0.5) is 0 Å². The Morgan fingerprint density at radius 3 is 2.40 bits per heavy atom. The Bertz CT molecular complexity index is 377. The van der Waals surface area contributed by atoms with Gasteiger partial charge >= 0.3 is 0 Å². The van der Waals surface area contributed by atoms with Crippen molar-refractivity contribution in [3.8, 4) is 6.07 Å². The third-order valence-corrected chi connectivity index (χ3v) is 4.26. The number of hydrogen-bond acceptors (Lipinski definition) is 1. The Morgan fingerprint density at radius 1 is 1.10 bits per heavy atom. The Kier molecular flexibility index (Phi) is 8.02. The molecular formula is C17H30N3+.